The van der Waals surface area contributed by atoms with E-state index in [1.54, 1.807) is 12.4 Å². The van der Waals surface area contributed by atoms with E-state index in [1.807, 2.05) is 18.5 Å². The number of allylic oxidation sites excluding steroid dienone is 2. The maximum Gasteiger partial charge on any atom is 1.00 e. The number of H-pyrrole nitrogens is 2. The summed E-state index contributed by atoms with van der Waals surface area (Å²) in [7, 11) is 0. The number of aliphatic hydroxyl groups excluding tert-OH is 2. The molecule has 2 aliphatic heterocycles. The number of aromatic nitrogens is 6. The fourth-order valence-electron chi connectivity index (χ4n) is 9.41. The molecule has 394 valence electrons. The molecular formula is C52H50F4IN8NaO10. The number of pyridine rings is 2. The van der Waals surface area contributed by atoms with E-state index >= 15 is 0 Å². The van der Waals surface area contributed by atoms with Gasteiger partial charge in [-0.3, -0.25) is 18.6 Å². The first-order valence-electron chi connectivity index (χ1n) is 23.9. The Kier molecular flexibility index (Phi) is 19.1. The van der Waals surface area contributed by atoms with E-state index in [9.17, 15) is 17.6 Å². The monoisotopic (exact) mass is 1170 g/mol. The number of fused-ring (bicyclic) bond motifs is 2. The van der Waals surface area contributed by atoms with Crippen LogP contribution < -0.4 is 69.1 Å². The van der Waals surface area contributed by atoms with Crippen LogP contribution in [-0.2, 0) is 9.47 Å². The van der Waals surface area contributed by atoms with Crippen molar-refractivity contribution in [1.82, 2.24) is 35.1 Å². The van der Waals surface area contributed by atoms with Gasteiger partial charge in [0.05, 0.1) is 49.9 Å². The molecule has 0 radical (unpaired) electrons. The third-order valence-electron chi connectivity index (χ3n) is 13.3. The van der Waals surface area contributed by atoms with Crippen LogP contribution in [0.15, 0.2) is 107 Å². The van der Waals surface area contributed by atoms with Crippen molar-refractivity contribution >= 4 is 33.2 Å². The number of aromatic amines is 2. The predicted octanol–water partition coefficient (Wildman–Crippen LogP) is -1.52. The third kappa shape index (κ3) is 13.5. The molecular weight excluding hydrogens is 1120 g/mol. The van der Waals surface area contributed by atoms with Crippen molar-refractivity contribution in [2.45, 2.75) is 62.8 Å². The molecule has 24 heteroatoms. The molecule has 76 heavy (non-hydrogen) atoms. The number of nitrogens with one attached hydrogen (secondary N) is 2. The second-order valence-electron chi connectivity index (χ2n) is 18.1. The minimum atomic E-state index is -5.94. The number of halogens is 5. The van der Waals surface area contributed by atoms with Crippen molar-refractivity contribution in [3.05, 3.63) is 132 Å². The standard InChI is InChI=1S/C26H24F2N4O2.C22H18F2N4O.C4H8O3.IO4.Na/c27-23-3-1-2-19(24(23)28)22-15-31-34-25(22)21-14-30-26-20(21)12-17(13-29-26)16-4-6-18(7-5-16)32-8-10-33-11-9-32;23-19-3-1-2-15(20(19)24)18-11-28-29-21(18)17-10-27-22-16(17)8-13(9-26-22)12-4-6-14(25)7-5-12;5-3-1-7-2-4(3)6;2-1(3,4)5;/h1-4,12-15,18H,5-11H2,(H,29,30);1-4,8-11,14H,5-7,25H2,(H,26,27);3-6H,1-2H2;;/q;;;-1;+1. The van der Waals surface area contributed by atoms with Gasteiger partial charge in [0.1, 0.15) is 43.6 Å². The molecule has 2 aromatic carbocycles. The number of benzene rings is 2. The van der Waals surface area contributed by atoms with E-state index in [0.717, 1.165) is 98.9 Å². The number of ether oxygens (including phenoxy) is 2. The van der Waals surface area contributed by atoms with E-state index in [1.165, 1.54) is 47.8 Å². The van der Waals surface area contributed by atoms with Gasteiger partial charge < -0.3 is 44.4 Å². The van der Waals surface area contributed by atoms with Gasteiger partial charge >= 0.3 is 29.6 Å². The van der Waals surface area contributed by atoms with Crippen LogP contribution in [0.5, 0.6) is 0 Å². The fourth-order valence-corrected chi connectivity index (χ4v) is 9.41. The first-order chi connectivity index (χ1) is 36.1. The summed E-state index contributed by atoms with van der Waals surface area (Å²) in [6, 6.07) is 13.0. The zero-order valence-corrected chi connectivity index (χ0v) is 45.1. The first kappa shape index (κ1) is 57.0. The molecule has 8 aromatic rings. The molecule has 6 aromatic heterocycles. The Balaban J connectivity index is 0.000000165. The van der Waals surface area contributed by atoms with Gasteiger partial charge in [0.25, 0.3) is 0 Å². The van der Waals surface area contributed by atoms with Crippen LogP contribution in [0.1, 0.15) is 49.7 Å². The summed E-state index contributed by atoms with van der Waals surface area (Å²) in [5, 5.41) is 26.6. The number of morpholine rings is 1. The summed E-state index contributed by atoms with van der Waals surface area (Å²) in [5.74, 6) is -2.95. The zero-order chi connectivity index (χ0) is 52.8. The maximum absolute atomic E-state index is 14.5. The Morgan fingerprint density at radius 2 is 1.11 bits per heavy atom. The molecule has 6 N–H and O–H groups in total. The van der Waals surface area contributed by atoms with E-state index in [2.05, 4.69) is 58.1 Å². The van der Waals surface area contributed by atoms with Gasteiger partial charge in [-0.1, -0.05) is 46.7 Å². The van der Waals surface area contributed by atoms with Crippen molar-refractivity contribution < 1.29 is 110 Å². The van der Waals surface area contributed by atoms with Crippen LogP contribution in [-0.4, -0.2) is 109 Å². The van der Waals surface area contributed by atoms with Gasteiger partial charge in [0.15, 0.2) is 34.8 Å². The molecule has 4 aliphatic rings. The molecule has 18 nitrogen and oxygen atoms in total. The largest absolute Gasteiger partial charge is 1.00 e. The molecule has 12 rings (SSSR count). The van der Waals surface area contributed by atoms with Crippen LogP contribution in [0.4, 0.5) is 17.6 Å². The SMILES string of the molecule is Fc1cccc(-c2cnoc2-c2c[nH]c3ncc(C4=CCC(N5CCOCC5)CC4)cc23)c1F.NC1CC=C(c2cnc3[nH]cc(-c4oncc4-c4cccc(F)c4F)c3c2)CC1.OC1COCC1O.[Na+].[O-][I+3]([O-])([O-])[O-]. The number of hydrogen-bond acceptors (Lipinski definition) is 16. The number of hydrogen-bond donors (Lipinski definition) is 5. The van der Waals surface area contributed by atoms with Crippen LogP contribution in [0.2, 0.25) is 0 Å². The Labute approximate surface area is 460 Å². The van der Waals surface area contributed by atoms with E-state index in [-0.39, 0.29) is 59.9 Å². The smallest absolute Gasteiger partial charge is 0.388 e. The van der Waals surface area contributed by atoms with Crippen LogP contribution in [0.25, 0.3) is 78.1 Å². The molecule has 2 fully saturated rings. The zero-order valence-electron chi connectivity index (χ0n) is 40.9. The minimum Gasteiger partial charge on any atom is -0.388 e. The van der Waals surface area contributed by atoms with Crippen LogP contribution in [0, 0.1) is 23.3 Å². The average Bonchev–Trinajstić information content (AvgIpc) is 4.34. The Hall–Kier alpha value is -5.23. The van der Waals surface area contributed by atoms with Crippen molar-refractivity contribution in [3.8, 4) is 44.9 Å². The average molecular weight is 1170 g/mol. The summed E-state index contributed by atoms with van der Waals surface area (Å²) in [6.45, 7) is 4.18. The maximum atomic E-state index is 14.5. The molecule has 2 aliphatic carbocycles. The van der Waals surface area contributed by atoms with Gasteiger partial charge in [-0.2, -0.15) is 0 Å². The predicted molar refractivity (Wildman–Crippen MR) is 255 cm³/mol. The summed E-state index contributed by atoms with van der Waals surface area (Å²) < 4.78 is 112. The summed E-state index contributed by atoms with van der Waals surface area (Å²) >= 11 is -5.94. The Morgan fingerprint density at radius 1 is 0.632 bits per heavy atom. The van der Waals surface area contributed by atoms with Gasteiger partial charge in [-0.25, -0.2) is 27.5 Å². The normalized spacial score (nSPS) is 19.8. The molecule has 0 spiro atoms. The Bertz CT molecular complexity index is 3310. The van der Waals surface area contributed by atoms with Gasteiger partial charge in [0.2, 0.25) is 0 Å². The number of nitrogens with zero attached hydrogens (tertiary/aromatic N) is 5. The topological polar surface area (TPSA) is 290 Å². The van der Waals surface area contributed by atoms with Gasteiger partial charge in [-0.15, -0.1) is 0 Å². The van der Waals surface area contributed by atoms with Crippen molar-refractivity contribution in [3.63, 3.8) is 0 Å². The first-order valence-corrected chi connectivity index (χ1v) is 27.4. The summed E-state index contributed by atoms with van der Waals surface area (Å²) in [5.41, 5.74) is 14.3. The van der Waals surface area contributed by atoms with E-state index < -0.39 is 55.6 Å². The van der Waals surface area contributed by atoms with E-state index in [4.69, 9.17) is 43.5 Å². The number of rotatable bonds is 7. The van der Waals surface area contributed by atoms with Gasteiger partial charge in [0, 0.05) is 83.0 Å². The number of aliphatic hydroxyl groups is 2. The van der Waals surface area contributed by atoms with Crippen molar-refractivity contribution in [2.75, 3.05) is 39.5 Å². The fraction of sp³-hybridized carbons (Fsp3) is 0.308. The second-order valence-corrected chi connectivity index (χ2v) is 20.3. The van der Waals surface area contributed by atoms with Crippen molar-refractivity contribution in [2.24, 2.45) is 5.73 Å². The second kappa shape index (κ2) is 25.5. The number of nitrogens with two attached hydrogens (primary N) is 1. The van der Waals surface area contributed by atoms with Crippen LogP contribution >= 0.6 is 0 Å². The van der Waals surface area contributed by atoms with Crippen LogP contribution in [0.3, 0.4) is 0 Å². The molecule has 8 heterocycles. The molecule has 0 amide bonds. The molecule has 4 unspecified atom stereocenters. The molecule has 0 bridgehead atoms. The van der Waals surface area contributed by atoms with Gasteiger partial charge in [-0.05, 0) is 85.1 Å². The van der Waals surface area contributed by atoms with Crippen molar-refractivity contribution in [1.29, 1.82) is 0 Å². The summed E-state index contributed by atoms with van der Waals surface area (Å²) in [4.78, 5) is 17.9. The third-order valence-corrected chi connectivity index (χ3v) is 13.3. The van der Waals surface area contributed by atoms with E-state index in [0.29, 0.717) is 51.1 Å². The molecule has 4 atom stereocenters. The Morgan fingerprint density at radius 3 is 1.53 bits per heavy atom. The quantitative estimate of drug-likeness (QED) is 0.0688. The molecule has 0 saturated carbocycles. The molecule has 2 saturated heterocycles. The summed E-state index contributed by atoms with van der Waals surface area (Å²) in [6.07, 6.45) is 19.0. The minimum absolute atomic E-state index is 0.